The molecule has 2 heterocycles. The molecule has 8 nitrogen and oxygen atoms in total. The fourth-order valence-electron chi connectivity index (χ4n) is 4.67. The van der Waals surface area contributed by atoms with Crippen molar-refractivity contribution in [3.8, 4) is 5.75 Å². The van der Waals surface area contributed by atoms with Crippen molar-refractivity contribution in [2.75, 3.05) is 23.1 Å². The summed E-state index contributed by atoms with van der Waals surface area (Å²) in [6.07, 6.45) is 1.52. The minimum Gasteiger partial charge on any atom is -0.497 e. The molecule has 3 aromatic carbocycles. The van der Waals surface area contributed by atoms with E-state index >= 15 is 0 Å². The lowest BCUT2D eigenvalue weighted by Crippen LogP contribution is -2.32. The van der Waals surface area contributed by atoms with E-state index in [1.165, 1.54) is 6.20 Å². The smallest absolute Gasteiger partial charge is 0.261 e. The molecule has 0 radical (unpaired) electrons. The second kappa shape index (κ2) is 10.3. The summed E-state index contributed by atoms with van der Waals surface area (Å²) < 4.78 is 7.02. The summed E-state index contributed by atoms with van der Waals surface area (Å²) in [6.45, 7) is 5.82. The number of aromatic nitrogens is 2. The Morgan fingerprint density at radius 1 is 0.921 bits per heavy atom. The summed E-state index contributed by atoms with van der Waals surface area (Å²) in [5.41, 5.74) is 5.85. The van der Waals surface area contributed by atoms with Crippen LogP contribution in [0.25, 0.3) is 0 Å². The zero-order valence-electron chi connectivity index (χ0n) is 21.7. The van der Waals surface area contributed by atoms with Crippen LogP contribution in [0.2, 0.25) is 0 Å². The predicted molar refractivity (Wildman–Crippen MR) is 149 cm³/mol. The van der Waals surface area contributed by atoms with E-state index in [1.54, 1.807) is 11.8 Å². The molecule has 5 rings (SSSR count). The Hall–Kier alpha value is -4.85. The summed E-state index contributed by atoms with van der Waals surface area (Å²) in [5.74, 6) is 0.668. The van der Waals surface area contributed by atoms with Gasteiger partial charge in [-0.25, -0.2) is 4.68 Å². The van der Waals surface area contributed by atoms with Crippen LogP contribution in [0.4, 0.5) is 17.2 Å². The maximum absolute atomic E-state index is 13.8. The lowest BCUT2D eigenvalue weighted by Gasteiger charge is -2.30. The Balaban J connectivity index is 1.55. The molecule has 1 aliphatic heterocycles. The molecule has 0 spiro atoms. The highest BCUT2D eigenvalue weighted by Crippen LogP contribution is 2.38. The first kappa shape index (κ1) is 24.8. The van der Waals surface area contributed by atoms with Crippen LogP contribution in [0, 0.1) is 13.8 Å². The molecule has 0 fully saturated rings. The van der Waals surface area contributed by atoms with Crippen molar-refractivity contribution in [3.05, 3.63) is 113 Å². The van der Waals surface area contributed by atoms with Crippen molar-refractivity contribution >= 4 is 29.0 Å². The Bertz CT molecular complexity index is 1540. The number of ether oxygens (including phenoxy) is 1. The number of amides is 2. The van der Waals surface area contributed by atoms with Gasteiger partial charge in [-0.1, -0.05) is 48.0 Å². The van der Waals surface area contributed by atoms with Gasteiger partial charge < -0.3 is 20.7 Å². The molecular formula is C30H29N5O3. The van der Waals surface area contributed by atoms with E-state index in [9.17, 15) is 9.59 Å². The molecule has 0 saturated carbocycles. The molecule has 1 aromatic heterocycles. The van der Waals surface area contributed by atoms with E-state index in [4.69, 9.17) is 4.74 Å². The number of benzene rings is 3. The van der Waals surface area contributed by atoms with Crippen LogP contribution >= 0.6 is 0 Å². The van der Waals surface area contributed by atoms with Crippen molar-refractivity contribution in [1.82, 2.24) is 9.78 Å². The van der Waals surface area contributed by atoms with Crippen LogP contribution in [0.15, 0.2) is 90.3 Å². The average Bonchev–Trinajstić information content (AvgIpc) is 3.33. The minimum atomic E-state index is -0.568. The molecule has 0 unspecified atom stereocenters. The quantitative estimate of drug-likeness (QED) is 0.312. The van der Waals surface area contributed by atoms with Gasteiger partial charge in [-0.15, -0.1) is 0 Å². The highest BCUT2D eigenvalue weighted by molar-refractivity contribution is 6.09. The molecule has 0 saturated heterocycles. The van der Waals surface area contributed by atoms with Crippen LogP contribution in [0.5, 0.6) is 5.75 Å². The summed E-state index contributed by atoms with van der Waals surface area (Å²) in [4.78, 5) is 26.9. The lowest BCUT2D eigenvalue weighted by molar-refractivity contribution is -0.113. The Morgan fingerprint density at radius 2 is 1.66 bits per heavy atom. The number of para-hydroxylation sites is 1. The second-order valence-electron chi connectivity index (χ2n) is 9.28. The van der Waals surface area contributed by atoms with Gasteiger partial charge in [0.15, 0.2) is 0 Å². The Labute approximate surface area is 221 Å². The van der Waals surface area contributed by atoms with E-state index in [1.807, 2.05) is 93.6 Å². The van der Waals surface area contributed by atoms with Gasteiger partial charge in [0.2, 0.25) is 0 Å². The number of hydrogen-bond donors (Lipinski definition) is 3. The molecular weight excluding hydrogens is 478 g/mol. The van der Waals surface area contributed by atoms with Crippen molar-refractivity contribution in [3.63, 3.8) is 0 Å². The van der Waals surface area contributed by atoms with Gasteiger partial charge in [-0.05, 0) is 62.2 Å². The van der Waals surface area contributed by atoms with Gasteiger partial charge in [-0.2, -0.15) is 5.10 Å². The molecule has 38 heavy (non-hydrogen) atoms. The van der Waals surface area contributed by atoms with Crippen LogP contribution in [0.3, 0.4) is 0 Å². The molecule has 1 aliphatic rings. The first-order valence-electron chi connectivity index (χ1n) is 12.3. The minimum absolute atomic E-state index is 0.251. The average molecular weight is 508 g/mol. The normalized spacial score (nSPS) is 14.4. The van der Waals surface area contributed by atoms with Gasteiger partial charge in [0, 0.05) is 17.1 Å². The molecule has 1 atom stereocenters. The summed E-state index contributed by atoms with van der Waals surface area (Å²) in [6, 6.07) is 22.1. The lowest BCUT2D eigenvalue weighted by atomic mass is 9.94. The maximum atomic E-state index is 13.8. The first-order valence-corrected chi connectivity index (χ1v) is 12.3. The fourth-order valence-corrected chi connectivity index (χ4v) is 4.67. The Kier molecular flexibility index (Phi) is 6.70. The topological polar surface area (TPSA) is 97.3 Å². The van der Waals surface area contributed by atoms with Gasteiger partial charge in [0.1, 0.15) is 23.2 Å². The van der Waals surface area contributed by atoms with Crippen LogP contribution in [0.1, 0.15) is 40.0 Å². The highest BCUT2D eigenvalue weighted by Gasteiger charge is 2.35. The number of carbonyl (C=O) groups is 2. The van der Waals surface area contributed by atoms with Crippen molar-refractivity contribution in [2.45, 2.75) is 26.8 Å². The molecule has 0 aliphatic carbocycles. The number of methoxy groups -OCH3 is 1. The number of nitrogens with zero attached hydrogens (tertiary/aromatic N) is 2. The molecule has 4 aromatic rings. The molecule has 0 bridgehead atoms. The monoisotopic (exact) mass is 507 g/mol. The molecule has 192 valence electrons. The van der Waals surface area contributed by atoms with Crippen LogP contribution in [-0.2, 0) is 4.79 Å². The fraction of sp³-hybridized carbons (Fsp3) is 0.167. The van der Waals surface area contributed by atoms with Crippen molar-refractivity contribution in [1.29, 1.82) is 0 Å². The molecule has 2 amide bonds. The van der Waals surface area contributed by atoms with E-state index in [0.29, 0.717) is 34.1 Å². The number of fused-ring (bicyclic) bond motifs is 1. The number of aryl methyl sites for hydroxylation is 2. The van der Waals surface area contributed by atoms with E-state index < -0.39 is 6.04 Å². The largest absolute Gasteiger partial charge is 0.497 e. The van der Waals surface area contributed by atoms with E-state index in [-0.39, 0.29) is 11.8 Å². The van der Waals surface area contributed by atoms with Crippen molar-refractivity contribution in [2.24, 2.45) is 0 Å². The standard InChI is InChI=1S/C30H29N5O3/c1-18-10-15-25(19(2)16-18)34-30(37)26-20(3)32-28-24(29(36)33-22-8-6-5-7-9-22)17-31-35(28)27(26)21-11-13-23(38-4)14-12-21/h5-17,27,32H,1-4H3,(H,33,36)(H,34,37)/t27-/m1/s1. The van der Waals surface area contributed by atoms with Gasteiger partial charge in [0.25, 0.3) is 11.8 Å². The maximum Gasteiger partial charge on any atom is 0.261 e. The zero-order chi connectivity index (χ0) is 26.8. The number of nitrogens with one attached hydrogen (secondary N) is 3. The van der Waals surface area contributed by atoms with Gasteiger partial charge >= 0.3 is 0 Å². The first-order chi connectivity index (χ1) is 18.4. The summed E-state index contributed by atoms with van der Waals surface area (Å²) in [7, 11) is 1.61. The third-order valence-electron chi connectivity index (χ3n) is 6.61. The van der Waals surface area contributed by atoms with Gasteiger partial charge in [0.05, 0.1) is 18.9 Å². The van der Waals surface area contributed by atoms with Crippen LogP contribution < -0.4 is 20.7 Å². The summed E-state index contributed by atoms with van der Waals surface area (Å²) in [5, 5.41) is 13.8. The molecule has 3 N–H and O–H groups in total. The third kappa shape index (κ3) is 4.76. The number of rotatable bonds is 6. The second-order valence-corrected chi connectivity index (χ2v) is 9.28. The third-order valence-corrected chi connectivity index (χ3v) is 6.61. The highest BCUT2D eigenvalue weighted by atomic mass is 16.5. The van der Waals surface area contributed by atoms with Crippen LogP contribution in [-0.4, -0.2) is 28.7 Å². The molecule has 8 heteroatoms. The number of anilines is 3. The number of carbonyl (C=O) groups excluding carboxylic acids is 2. The number of hydrogen-bond acceptors (Lipinski definition) is 5. The zero-order valence-corrected chi connectivity index (χ0v) is 21.7. The van der Waals surface area contributed by atoms with Gasteiger partial charge in [-0.3, -0.25) is 9.59 Å². The predicted octanol–water partition coefficient (Wildman–Crippen LogP) is 5.69. The Morgan fingerprint density at radius 3 is 2.34 bits per heavy atom. The summed E-state index contributed by atoms with van der Waals surface area (Å²) >= 11 is 0. The SMILES string of the molecule is COc1ccc([C@@H]2C(C(=O)Nc3ccc(C)cc3C)=C(C)Nc3c(C(=O)Nc4ccccc4)cnn32)cc1. The van der Waals surface area contributed by atoms with E-state index in [0.717, 1.165) is 22.4 Å². The van der Waals surface area contributed by atoms with Crippen molar-refractivity contribution < 1.29 is 14.3 Å². The van der Waals surface area contributed by atoms with E-state index in [2.05, 4.69) is 21.0 Å². The number of allylic oxidation sites excluding steroid dienone is 1.